The maximum Gasteiger partial charge on any atom is 0.161 e. The molecule has 0 unspecified atom stereocenters. The molecule has 0 saturated heterocycles. The van der Waals surface area contributed by atoms with Crippen molar-refractivity contribution in [2.24, 2.45) is 0 Å². The number of hydrogen-bond donors (Lipinski definition) is 0. The van der Waals surface area contributed by atoms with E-state index in [9.17, 15) is 0 Å². The summed E-state index contributed by atoms with van der Waals surface area (Å²) in [6, 6.07) is 6.18. The largest absolute Gasteiger partial charge is 0.493 e. The van der Waals surface area contributed by atoms with Crippen LogP contribution in [0.25, 0.3) is 10.2 Å². The molecule has 0 saturated carbocycles. The maximum absolute atomic E-state index is 5.43. The molecule has 0 aliphatic heterocycles. The number of aromatic nitrogens is 2. The van der Waals surface area contributed by atoms with Crippen molar-refractivity contribution in [3.8, 4) is 11.5 Å². The Balaban J connectivity index is 1.95. The number of benzene rings is 1. The van der Waals surface area contributed by atoms with Crippen molar-refractivity contribution < 1.29 is 9.47 Å². The molecule has 0 spiro atoms. The van der Waals surface area contributed by atoms with Crippen LogP contribution in [0.5, 0.6) is 11.5 Å². The van der Waals surface area contributed by atoms with Crippen LogP contribution in [0.1, 0.15) is 16.0 Å². The van der Waals surface area contributed by atoms with E-state index in [1.165, 1.54) is 10.4 Å². The van der Waals surface area contributed by atoms with Gasteiger partial charge >= 0.3 is 0 Å². The van der Waals surface area contributed by atoms with Crippen LogP contribution >= 0.6 is 11.3 Å². The molecule has 0 aliphatic rings. The summed E-state index contributed by atoms with van der Waals surface area (Å²) in [6.45, 7) is 4.90. The lowest BCUT2D eigenvalue weighted by Gasteiger charge is -2.21. The highest BCUT2D eigenvalue weighted by atomic mass is 32.1. The normalized spacial score (nSPS) is 10.9. The first kappa shape index (κ1) is 16.5. The Labute approximate surface area is 145 Å². The van der Waals surface area contributed by atoms with E-state index in [1.807, 2.05) is 19.2 Å². The molecule has 6 heteroatoms. The molecule has 0 radical (unpaired) electrons. The van der Waals surface area contributed by atoms with E-state index in [4.69, 9.17) is 9.47 Å². The van der Waals surface area contributed by atoms with Crippen LogP contribution in [0.4, 0.5) is 5.82 Å². The van der Waals surface area contributed by atoms with E-state index in [1.54, 1.807) is 31.9 Å². The van der Waals surface area contributed by atoms with Crippen LogP contribution in [0.2, 0.25) is 0 Å². The monoisotopic (exact) mass is 343 g/mol. The predicted molar refractivity (Wildman–Crippen MR) is 98.5 cm³/mol. The van der Waals surface area contributed by atoms with Gasteiger partial charge in [-0.05, 0) is 43.2 Å². The fourth-order valence-electron chi connectivity index (χ4n) is 2.79. The predicted octanol–water partition coefficient (Wildman–Crippen LogP) is 3.96. The summed E-state index contributed by atoms with van der Waals surface area (Å²) in [5.74, 6) is 2.43. The van der Waals surface area contributed by atoms with Crippen molar-refractivity contribution in [1.29, 1.82) is 0 Å². The standard InChI is InChI=1S/C18H21N3O2S/c1-11-6-15(22-4)16(23-5)8-13(11)9-21(3)17-14-7-12(2)24-18(14)20-10-19-17/h6-8,10H,9H2,1-5H3. The van der Waals surface area contributed by atoms with Crippen LogP contribution in [-0.2, 0) is 6.54 Å². The molecule has 3 rings (SSSR count). The number of ether oxygens (including phenoxy) is 2. The van der Waals surface area contributed by atoms with E-state index in [2.05, 4.69) is 34.8 Å². The number of rotatable bonds is 5. The molecule has 2 heterocycles. The third-order valence-corrected chi connectivity index (χ3v) is 5.00. The minimum atomic E-state index is 0.729. The lowest BCUT2D eigenvalue weighted by molar-refractivity contribution is 0.354. The van der Waals surface area contributed by atoms with Crippen molar-refractivity contribution in [3.63, 3.8) is 0 Å². The number of nitrogens with zero attached hydrogens (tertiary/aromatic N) is 3. The average molecular weight is 343 g/mol. The minimum Gasteiger partial charge on any atom is -0.493 e. The van der Waals surface area contributed by atoms with Gasteiger partial charge in [-0.1, -0.05) is 0 Å². The number of hydrogen-bond acceptors (Lipinski definition) is 6. The number of fused-ring (bicyclic) bond motifs is 1. The van der Waals surface area contributed by atoms with Crippen LogP contribution in [0, 0.1) is 13.8 Å². The van der Waals surface area contributed by atoms with E-state index in [0.29, 0.717) is 0 Å². The summed E-state index contributed by atoms with van der Waals surface area (Å²) in [4.78, 5) is 13.3. The SMILES string of the molecule is COc1cc(C)c(CN(C)c2ncnc3sc(C)cc23)cc1OC. The van der Waals surface area contributed by atoms with Crippen LogP contribution in [0.3, 0.4) is 0 Å². The Hall–Kier alpha value is -2.34. The van der Waals surface area contributed by atoms with Crippen molar-refractivity contribution in [1.82, 2.24) is 9.97 Å². The zero-order valence-corrected chi connectivity index (χ0v) is 15.4. The van der Waals surface area contributed by atoms with Gasteiger partial charge in [0, 0.05) is 18.5 Å². The van der Waals surface area contributed by atoms with Crippen molar-refractivity contribution in [3.05, 3.63) is 40.5 Å². The van der Waals surface area contributed by atoms with Crippen molar-refractivity contribution in [2.75, 3.05) is 26.2 Å². The molecule has 5 nitrogen and oxygen atoms in total. The molecule has 0 amide bonds. The Morgan fingerprint density at radius 3 is 2.46 bits per heavy atom. The van der Waals surface area contributed by atoms with E-state index in [0.717, 1.165) is 39.6 Å². The Bertz CT molecular complexity index is 876. The number of thiophene rings is 1. The quantitative estimate of drug-likeness (QED) is 0.702. The number of methoxy groups -OCH3 is 2. The van der Waals surface area contributed by atoms with E-state index in [-0.39, 0.29) is 0 Å². The fraction of sp³-hybridized carbons (Fsp3) is 0.333. The highest BCUT2D eigenvalue weighted by Crippen LogP contribution is 2.33. The maximum atomic E-state index is 5.43. The first-order valence-electron chi connectivity index (χ1n) is 7.67. The molecule has 3 aromatic rings. The molecule has 0 N–H and O–H groups in total. The van der Waals surface area contributed by atoms with Gasteiger partial charge in [0.25, 0.3) is 0 Å². The molecular formula is C18H21N3O2S. The molecule has 1 aromatic carbocycles. The topological polar surface area (TPSA) is 47.5 Å². The second-order valence-electron chi connectivity index (χ2n) is 5.76. The Kier molecular flexibility index (Phi) is 4.57. The summed E-state index contributed by atoms with van der Waals surface area (Å²) in [7, 11) is 5.35. The summed E-state index contributed by atoms with van der Waals surface area (Å²) in [6.07, 6.45) is 1.63. The minimum absolute atomic E-state index is 0.729. The van der Waals surface area contributed by atoms with Gasteiger partial charge in [-0.15, -0.1) is 11.3 Å². The first-order valence-corrected chi connectivity index (χ1v) is 8.49. The average Bonchev–Trinajstić information content (AvgIpc) is 2.96. The Morgan fingerprint density at radius 2 is 1.75 bits per heavy atom. The summed E-state index contributed by atoms with van der Waals surface area (Å²) >= 11 is 1.69. The zero-order valence-electron chi connectivity index (χ0n) is 14.6. The number of aryl methyl sites for hydroxylation is 2. The molecule has 24 heavy (non-hydrogen) atoms. The molecule has 0 atom stereocenters. The van der Waals surface area contributed by atoms with Gasteiger partial charge in [0.15, 0.2) is 11.5 Å². The van der Waals surface area contributed by atoms with Crippen LogP contribution < -0.4 is 14.4 Å². The van der Waals surface area contributed by atoms with Crippen LogP contribution in [0.15, 0.2) is 24.5 Å². The lowest BCUT2D eigenvalue weighted by Crippen LogP contribution is -2.18. The summed E-state index contributed by atoms with van der Waals surface area (Å²) in [5.41, 5.74) is 2.33. The van der Waals surface area contributed by atoms with Gasteiger partial charge in [0.2, 0.25) is 0 Å². The first-order chi connectivity index (χ1) is 11.5. The lowest BCUT2D eigenvalue weighted by atomic mass is 10.1. The van der Waals surface area contributed by atoms with Gasteiger partial charge in [-0.2, -0.15) is 0 Å². The van der Waals surface area contributed by atoms with Crippen molar-refractivity contribution in [2.45, 2.75) is 20.4 Å². The molecule has 2 aromatic heterocycles. The second-order valence-corrected chi connectivity index (χ2v) is 7.00. The summed E-state index contributed by atoms with van der Waals surface area (Å²) < 4.78 is 10.8. The highest BCUT2D eigenvalue weighted by Gasteiger charge is 2.14. The smallest absolute Gasteiger partial charge is 0.161 e. The number of anilines is 1. The molecule has 0 aliphatic carbocycles. The molecule has 0 bridgehead atoms. The third kappa shape index (κ3) is 3.01. The van der Waals surface area contributed by atoms with E-state index >= 15 is 0 Å². The zero-order chi connectivity index (χ0) is 17.3. The van der Waals surface area contributed by atoms with Crippen LogP contribution in [-0.4, -0.2) is 31.2 Å². The van der Waals surface area contributed by atoms with Gasteiger partial charge < -0.3 is 14.4 Å². The van der Waals surface area contributed by atoms with Gasteiger partial charge in [0.1, 0.15) is 17.0 Å². The van der Waals surface area contributed by atoms with Crippen molar-refractivity contribution >= 4 is 27.4 Å². The van der Waals surface area contributed by atoms with Gasteiger partial charge in [-0.25, -0.2) is 9.97 Å². The van der Waals surface area contributed by atoms with Gasteiger partial charge in [-0.3, -0.25) is 0 Å². The second kappa shape index (κ2) is 6.65. The Morgan fingerprint density at radius 1 is 1.04 bits per heavy atom. The molecule has 0 fully saturated rings. The van der Waals surface area contributed by atoms with E-state index < -0.39 is 0 Å². The fourth-order valence-corrected chi connectivity index (χ4v) is 3.63. The molecule has 126 valence electrons. The van der Waals surface area contributed by atoms with Gasteiger partial charge in [0.05, 0.1) is 19.6 Å². The molecular weight excluding hydrogens is 322 g/mol. The highest BCUT2D eigenvalue weighted by molar-refractivity contribution is 7.18. The third-order valence-electron chi connectivity index (χ3n) is 4.04. The summed E-state index contributed by atoms with van der Waals surface area (Å²) in [5, 5.41) is 1.10.